The fourth-order valence-electron chi connectivity index (χ4n) is 8.38. The number of hydrogen-bond donors (Lipinski definition) is 19. The SMILES string of the molecule is CC(=O)N[C@@H](CC(C)C)C(=O)N[C@@H](CCC(N)=O)C(=O)N[C@@H](CCCN=C(N)N)C(=O)N[C@@H](Cc1ccc(OP(=O)(O)O)cc1)C(=O)N[C@@H](CO)C(=O)N[C@@H](CO)C(=O)N[C@@H](CC(=O)O)C(=O)N1CCC[C@H]1C(=O)N[C@H](C(=O)NCC(N)=O)[C@@H](C)O. The molecule has 1 fully saturated rings. The Kier molecular flexibility index (Phi) is 30.5. The summed E-state index contributed by atoms with van der Waals surface area (Å²) < 4.78 is 16.1. The summed E-state index contributed by atoms with van der Waals surface area (Å²) in [5.41, 5.74) is 21.5. The molecule has 1 aliphatic heterocycles. The summed E-state index contributed by atoms with van der Waals surface area (Å²) in [5.74, 6) is -15.1. The Bertz CT molecular complexity index is 2670. The number of carboxylic acids is 1. The van der Waals surface area contributed by atoms with Crippen molar-refractivity contribution in [2.75, 3.05) is 32.8 Å². The second-order valence-electron chi connectivity index (χ2n) is 20.2. The summed E-state index contributed by atoms with van der Waals surface area (Å²) in [6.45, 7) is 2.37. The van der Waals surface area contributed by atoms with Gasteiger partial charge in [-0.1, -0.05) is 26.0 Å². The molecule has 1 aromatic rings. The number of phosphoric ester groups is 1. The summed E-state index contributed by atoms with van der Waals surface area (Å²) in [6, 6.07) is -10.7. The average Bonchev–Trinajstić information content (AvgIpc) is 2.61. The van der Waals surface area contributed by atoms with Crippen molar-refractivity contribution in [2.24, 2.45) is 33.8 Å². The number of aliphatic hydroxyl groups excluding tert-OH is 3. The number of nitrogens with one attached hydrogen (secondary N) is 9. The number of aliphatic carboxylic acids is 1. The van der Waals surface area contributed by atoms with E-state index in [2.05, 4.69) is 57.4 Å². The maximum absolute atomic E-state index is 14.4. The van der Waals surface area contributed by atoms with E-state index in [-0.39, 0.29) is 68.4 Å². The molecule has 37 heteroatoms. The number of hydrogen-bond acceptors (Lipinski definition) is 19. The third-order valence-corrected chi connectivity index (χ3v) is 12.9. The highest BCUT2D eigenvalue weighted by molar-refractivity contribution is 7.46. The molecule has 0 saturated carbocycles. The molecule has 23 N–H and O–H groups in total. The molecule has 480 valence electrons. The molecule has 0 radical (unpaired) electrons. The van der Waals surface area contributed by atoms with Crippen LogP contribution in [0.5, 0.6) is 5.75 Å². The average molecular weight is 1240 g/mol. The lowest BCUT2D eigenvalue weighted by atomic mass is 10.0. The molecule has 1 aromatic carbocycles. The van der Waals surface area contributed by atoms with Crippen molar-refractivity contribution in [3.05, 3.63) is 29.8 Å². The molecule has 86 heavy (non-hydrogen) atoms. The predicted octanol–water partition coefficient (Wildman–Crippen LogP) is -8.60. The third-order valence-electron chi connectivity index (χ3n) is 12.5. The van der Waals surface area contributed by atoms with E-state index >= 15 is 0 Å². The zero-order valence-electron chi connectivity index (χ0n) is 47.5. The normalized spacial score (nSPS) is 16.1. The van der Waals surface area contributed by atoms with Crippen molar-refractivity contribution in [1.29, 1.82) is 0 Å². The standard InChI is InChI=1S/C49H78N15O21P/c1-23(2)17-30(56-25(4)68)42(75)58-29(13-14-36(50)69)41(74)57-28(7-5-15-54-49(52)53)40(73)59-31(18-26-9-11-27(12-10-26)85-86(82,83)84)43(76)61-34(22-66)45(78)62-33(21-65)44(77)60-32(19-38(71)72)48(81)64-16-6-8-35(64)46(79)63-39(24(3)67)47(80)55-20-37(51)70/h9-12,23-24,28-35,39,65-67H,5-8,13-22H2,1-4H3,(H2,50,69)(H2,51,70)(H,55,80)(H,56,68)(H,57,74)(H,58,75)(H,59,73)(H,60,77)(H,61,76)(H,62,78)(H,63,79)(H,71,72)(H4,52,53,54)(H2,82,83,84)/t24-,28+,29+,30+,31+,32+,33+,34+,35+,39+/m1/s1. The van der Waals surface area contributed by atoms with E-state index in [1.54, 1.807) is 13.8 Å². The number of carbonyl (C=O) groups excluding carboxylic acids is 12. The highest BCUT2D eigenvalue weighted by Crippen LogP contribution is 2.37. The molecule has 1 aliphatic rings. The topological polar surface area (TPSA) is 598 Å². The van der Waals surface area contributed by atoms with Gasteiger partial charge in [-0.15, -0.1) is 0 Å². The second-order valence-corrected chi connectivity index (χ2v) is 21.4. The minimum atomic E-state index is -5.06. The number of amides is 12. The number of guanidine groups is 1. The molecule has 1 saturated heterocycles. The van der Waals surface area contributed by atoms with E-state index in [0.717, 1.165) is 30.9 Å². The first-order valence-corrected chi connectivity index (χ1v) is 28.2. The molecule has 10 atom stereocenters. The molecular weight excluding hydrogens is 1170 g/mol. The fourth-order valence-corrected chi connectivity index (χ4v) is 8.78. The fraction of sp³-hybridized carbons (Fsp3) is 0.592. The molecule has 36 nitrogen and oxygen atoms in total. The van der Waals surface area contributed by atoms with Crippen molar-refractivity contribution >= 4 is 90.6 Å². The minimum absolute atomic E-state index is 0.0345. The van der Waals surface area contributed by atoms with Crippen LogP contribution in [-0.2, 0) is 73.3 Å². The number of benzene rings is 1. The number of aliphatic imine (C=N–C) groups is 1. The lowest BCUT2D eigenvalue weighted by Gasteiger charge is -2.30. The highest BCUT2D eigenvalue weighted by Gasteiger charge is 2.41. The number of carboxylic acid groups (broad SMARTS) is 1. The molecule has 0 bridgehead atoms. The summed E-state index contributed by atoms with van der Waals surface area (Å²) in [5, 5.41) is 61.2. The summed E-state index contributed by atoms with van der Waals surface area (Å²) >= 11 is 0. The number of primary amides is 2. The van der Waals surface area contributed by atoms with Gasteiger partial charge in [0.15, 0.2) is 5.96 Å². The Hall–Kier alpha value is -8.57. The van der Waals surface area contributed by atoms with Crippen LogP contribution in [0.15, 0.2) is 29.3 Å². The van der Waals surface area contributed by atoms with Crippen LogP contribution in [0.2, 0.25) is 0 Å². The minimum Gasteiger partial charge on any atom is -0.481 e. The van der Waals surface area contributed by atoms with Crippen LogP contribution in [0.3, 0.4) is 0 Å². The van der Waals surface area contributed by atoms with Crippen LogP contribution in [0.25, 0.3) is 0 Å². The van der Waals surface area contributed by atoms with Crippen molar-refractivity contribution < 1.29 is 102 Å². The monoisotopic (exact) mass is 1240 g/mol. The second kappa shape index (κ2) is 35.7. The molecule has 0 spiro atoms. The van der Waals surface area contributed by atoms with Gasteiger partial charge in [-0.05, 0) is 69.1 Å². The van der Waals surface area contributed by atoms with Crippen molar-refractivity contribution in [2.45, 2.75) is 146 Å². The van der Waals surface area contributed by atoms with Gasteiger partial charge in [0.05, 0.1) is 32.3 Å². The van der Waals surface area contributed by atoms with Crippen molar-refractivity contribution in [1.82, 2.24) is 52.8 Å². The van der Waals surface area contributed by atoms with Crippen LogP contribution in [0.4, 0.5) is 0 Å². The Balaban J connectivity index is 2.51. The third kappa shape index (κ3) is 26.6. The van der Waals surface area contributed by atoms with Gasteiger partial charge in [0, 0.05) is 32.9 Å². The Morgan fingerprint density at radius 1 is 0.674 bits per heavy atom. The first kappa shape index (κ1) is 73.5. The molecule has 0 aromatic heterocycles. The Morgan fingerprint density at radius 3 is 1.65 bits per heavy atom. The maximum Gasteiger partial charge on any atom is 0.524 e. The summed E-state index contributed by atoms with van der Waals surface area (Å²) in [6.07, 6.45) is -4.15. The van der Waals surface area contributed by atoms with Crippen LogP contribution >= 0.6 is 7.82 Å². The zero-order chi connectivity index (χ0) is 65.2. The molecular formula is C49H78N15O21P. The van der Waals surface area contributed by atoms with E-state index in [4.69, 9.17) is 22.9 Å². The number of carbonyl (C=O) groups is 13. The van der Waals surface area contributed by atoms with Gasteiger partial charge in [-0.3, -0.25) is 77.1 Å². The van der Waals surface area contributed by atoms with Gasteiger partial charge in [0.1, 0.15) is 60.1 Å². The van der Waals surface area contributed by atoms with Gasteiger partial charge in [-0.25, -0.2) is 4.57 Å². The van der Waals surface area contributed by atoms with E-state index in [1.165, 1.54) is 12.1 Å². The van der Waals surface area contributed by atoms with Gasteiger partial charge in [-0.2, -0.15) is 0 Å². The first-order valence-electron chi connectivity index (χ1n) is 26.7. The summed E-state index contributed by atoms with van der Waals surface area (Å²) in [4.78, 5) is 194. The predicted molar refractivity (Wildman–Crippen MR) is 297 cm³/mol. The van der Waals surface area contributed by atoms with Crippen molar-refractivity contribution in [3.8, 4) is 5.75 Å². The Labute approximate surface area is 492 Å². The Morgan fingerprint density at radius 2 is 1.17 bits per heavy atom. The van der Waals surface area contributed by atoms with Gasteiger partial charge in [0.25, 0.3) is 0 Å². The van der Waals surface area contributed by atoms with Crippen LogP contribution in [-0.4, -0.2) is 211 Å². The van der Waals surface area contributed by atoms with E-state index in [1.807, 2.05) is 0 Å². The smallest absolute Gasteiger partial charge is 0.481 e. The van der Waals surface area contributed by atoms with E-state index < -0.39 is 191 Å². The van der Waals surface area contributed by atoms with Gasteiger partial charge >= 0.3 is 13.8 Å². The van der Waals surface area contributed by atoms with Gasteiger partial charge in [0.2, 0.25) is 70.9 Å². The number of rotatable bonds is 37. The quantitative estimate of drug-likeness (QED) is 0.0127. The molecule has 1 heterocycles. The molecule has 0 unspecified atom stereocenters. The number of nitrogens with zero attached hydrogens (tertiary/aromatic N) is 2. The number of nitrogens with two attached hydrogens (primary N) is 4. The van der Waals surface area contributed by atoms with Gasteiger partial charge < -0.3 is 101 Å². The maximum atomic E-state index is 14.4. The van der Waals surface area contributed by atoms with Crippen LogP contribution in [0.1, 0.15) is 84.6 Å². The van der Waals surface area contributed by atoms with Crippen LogP contribution in [0, 0.1) is 5.92 Å². The largest absolute Gasteiger partial charge is 0.524 e. The van der Waals surface area contributed by atoms with E-state index in [9.17, 15) is 97.1 Å². The lowest BCUT2D eigenvalue weighted by molar-refractivity contribution is -0.146. The number of aliphatic hydroxyl groups is 3. The number of phosphoric acid groups is 1. The first-order chi connectivity index (χ1) is 40.2. The van der Waals surface area contributed by atoms with Crippen LogP contribution < -0.4 is 75.3 Å². The summed E-state index contributed by atoms with van der Waals surface area (Å²) in [7, 11) is -5.06. The van der Waals surface area contributed by atoms with Crippen molar-refractivity contribution in [3.63, 3.8) is 0 Å². The molecule has 12 amide bonds. The molecule has 2 rings (SSSR count). The zero-order valence-corrected chi connectivity index (χ0v) is 48.4. The highest BCUT2D eigenvalue weighted by atomic mass is 31.2. The number of likely N-dealkylation sites (tertiary alicyclic amines) is 1. The molecule has 0 aliphatic carbocycles. The lowest BCUT2D eigenvalue weighted by Crippen LogP contribution is -2.62. The van der Waals surface area contributed by atoms with E-state index in [0.29, 0.717) is 0 Å².